The minimum Gasteiger partial charge on any atom is -0.350 e. The Morgan fingerprint density at radius 3 is 3.10 bits per heavy atom. The van der Waals surface area contributed by atoms with Crippen LogP contribution in [-0.2, 0) is 0 Å². The fourth-order valence-electron chi connectivity index (χ4n) is 2.36. The van der Waals surface area contributed by atoms with E-state index in [2.05, 4.69) is 32.7 Å². The number of thiophene rings is 1. The first-order chi connectivity index (χ1) is 10.3. The van der Waals surface area contributed by atoms with E-state index in [1.807, 2.05) is 11.4 Å². The third-order valence-electron chi connectivity index (χ3n) is 3.60. The van der Waals surface area contributed by atoms with Crippen LogP contribution < -0.4 is 5.32 Å². The van der Waals surface area contributed by atoms with Gasteiger partial charge in [-0.15, -0.1) is 16.4 Å². The lowest BCUT2D eigenvalue weighted by Crippen LogP contribution is -2.36. The molecule has 3 rings (SSSR count). The molecule has 0 saturated heterocycles. The summed E-state index contributed by atoms with van der Waals surface area (Å²) in [6.07, 6.45) is 4.07. The first-order valence-electron chi connectivity index (χ1n) is 7.12. The maximum atomic E-state index is 12.3. The molecule has 0 aliphatic heterocycles. The van der Waals surface area contributed by atoms with E-state index < -0.39 is 0 Å². The Bertz CT molecular complexity index is 592. The number of carbonyl (C=O) groups excluding carboxylic acids is 1. The van der Waals surface area contributed by atoms with E-state index in [4.69, 9.17) is 0 Å². The van der Waals surface area contributed by atoms with Crippen molar-refractivity contribution in [3.63, 3.8) is 0 Å². The van der Waals surface area contributed by atoms with Gasteiger partial charge < -0.3 is 5.32 Å². The predicted octanol–water partition coefficient (Wildman–Crippen LogP) is 0.938. The molecule has 0 spiro atoms. The largest absolute Gasteiger partial charge is 0.350 e. The molecule has 112 valence electrons. The van der Waals surface area contributed by atoms with Crippen LogP contribution in [0.4, 0.5) is 0 Å². The van der Waals surface area contributed by atoms with Crippen LogP contribution in [0.2, 0.25) is 0 Å². The molecular weight excluding hydrogens is 288 g/mol. The van der Waals surface area contributed by atoms with E-state index in [0.29, 0.717) is 11.4 Å². The molecule has 7 nitrogen and oxygen atoms in total. The van der Waals surface area contributed by atoms with Crippen LogP contribution in [0, 0.1) is 0 Å². The highest BCUT2D eigenvalue weighted by Gasteiger charge is 2.27. The average molecular weight is 306 g/mol. The van der Waals surface area contributed by atoms with Crippen LogP contribution in [0.3, 0.4) is 0 Å². The van der Waals surface area contributed by atoms with Crippen molar-refractivity contribution in [2.75, 3.05) is 19.6 Å². The van der Waals surface area contributed by atoms with Crippen molar-refractivity contribution < 1.29 is 4.79 Å². The Balaban J connectivity index is 1.57. The van der Waals surface area contributed by atoms with Gasteiger partial charge in [0.25, 0.3) is 5.91 Å². The van der Waals surface area contributed by atoms with Crippen LogP contribution in [-0.4, -0.2) is 56.7 Å². The Morgan fingerprint density at radius 2 is 2.43 bits per heavy atom. The molecule has 1 N–H and O–H groups in total. The quantitative estimate of drug-likeness (QED) is 0.824. The minimum atomic E-state index is -0.0673. The summed E-state index contributed by atoms with van der Waals surface area (Å²) in [5.41, 5.74) is 0.719. The molecule has 0 aromatic carbocycles. The highest BCUT2D eigenvalue weighted by Crippen LogP contribution is 2.26. The summed E-state index contributed by atoms with van der Waals surface area (Å²) >= 11 is 1.40. The van der Waals surface area contributed by atoms with Gasteiger partial charge in [-0.05, 0) is 41.3 Å². The number of hydrogen-bond acceptors (Lipinski definition) is 6. The first-order valence-corrected chi connectivity index (χ1v) is 8.00. The second kappa shape index (κ2) is 6.31. The third-order valence-corrected chi connectivity index (χ3v) is 4.50. The molecule has 0 bridgehead atoms. The Labute approximate surface area is 126 Å². The second-order valence-corrected chi connectivity index (χ2v) is 5.92. The maximum Gasteiger partial charge on any atom is 0.263 e. The number of tetrazole rings is 1. The predicted molar refractivity (Wildman–Crippen MR) is 79.6 cm³/mol. The molecule has 21 heavy (non-hydrogen) atoms. The van der Waals surface area contributed by atoms with Gasteiger partial charge in [0.15, 0.2) is 0 Å². The van der Waals surface area contributed by atoms with Gasteiger partial charge in [0.1, 0.15) is 11.2 Å². The summed E-state index contributed by atoms with van der Waals surface area (Å²) < 4.78 is 1.51. The smallest absolute Gasteiger partial charge is 0.263 e. The van der Waals surface area contributed by atoms with Crippen molar-refractivity contribution in [3.8, 4) is 5.69 Å². The zero-order valence-corrected chi connectivity index (χ0v) is 12.7. The van der Waals surface area contributed by atoms with E-state index in [1.165, 1.54) is 35.2 Å². The molecular formula is C13H18N6OS. The molecule has 0 atom stereocenters. The molecule has 2 aromatic rings. The number of nitrogens with zero attached hydrogens (tertiary/aromatic N) is 5. The summed E-state index contributed by atoms with van der Waals surface area (Å²) in [6, 6.07) is 2.57. The number of carbonyl (C=O) groups is 1. The van der Waals surface area contributed by atoms with E-state index >= 15 is 0 Å². The topological polar surface area (TPSA) is 75.9 Å². The van der Waals surface area contributed by atoms with Crippen molar-refractivity contribution >= 4 is 17.2 Å². The zero-order chi connectivity index (χ0) is 14.7. The van der Waals surface area contributed by atoms with Crippen LogP contribution in [0.15, 0.2) is 17.8 Å². The summed E-state index contributed by atoms with van der Waals surface area (Å²) in [4.78, 5) is 15.3. The number of aromatic nitrogens is 4. The van der Waals surface area contributed by atoms with Gasteiger partial charge in [0, 0.05) is 19.1 Å². The fraction of sp³-hybridized carbons (Fsp3) is 0.538. The summed E-state index contributed by atoms with van der Waals surface area (Å²) in [5.74, 6) is -0.0673. The van der Waals surface area contributed by atoms with Crippen LogP contribution in [0.1, 0.15) is 29.4 Å². The monoisotopic (exact) mass is 306 g/mol. The van der Waals surface area contributed by atoms with Gasteiger partial charge in [-0.1, -0.05) is 6.92 Å². The third kappa shape index (κ3) is 3.27. The van der Waals surface area contributed by atoms with Gasteiger partial charge in [0.05, 0.1) is 5.69 Å². The molecule has 0 unspecified atom stereocenters. The molecule has 1 fully saturated rings. The van der Waals surface area contributed by atoms with Crippen molar-refractivity contribution in [3.05, 3.63) is 22.7 Å². The minimum absolute atomic E-state index is 0.0673. The van der Waals surface area contributed by atoms with Crippen molar-refractivity contribution in [2.45, 2.75) is 25.8 Å². The van der Waals surface area contributed by atoms with Crippen LogP contribution in [0.25, 0.3) is 5.69 Å². The highest BCUT2D eigenvalue weighted by molar-refractivity contribution is 7.12. The van der Waals surface area contributed by atoms with E-state index in [9.17, 15) is 4.79 Å². The average Bonchev–Trinajstić information content (AvgIpc) is 3.01. The summed E-state index contributed by atoms with van der Waals surface area (Å²) in [7, 11) is 0. The van der Waals surface area contributed by atoms with Crippen molar-refractivity contribution in [1.29, 1.82) is 0 Å². The molecule has 0 radical (unpaired) electrons. The zero-order valence-electron chi connectivity index (χ0n) is 11.9. The molecule has 1 aliphatic carbocycles. The lowest BCUT2D eigenvalue weighted by molar-refractivity contribution is 0.0952. The molecule has 2 heterocycles. The van der Waals surface area contributed by atoms with E-state index in [0.717, 1.165) is 24.8 Å². The molecule has 1 amide bonds. The summed E-state index contributed by atoms with van der Waals surface area (Å²) in [5, 5.41) is 15.9. The Kier molecular flexibility index (Phi) is 4.26. The van der Waals surface area contributed by atoms with Gasteiger partial charge in [0.2, 0.25) is 0 Å². The maximum absolute atomic E-state index is 12.3. The van der Waals surface area contributed by atoms with Gasteiger partial charge in [-0.2, -0.15) is 4.68 Å². The normalized spacial score (nSPS) is 14.6. The number of rotatable bonds is 7. The summed E-state index contributed by atoms with van der Waals surface area (Å²) in [6.45, 7) is 4.76. The fourth-order valence-corrected chi connectivity index (χ4v) is 3.15. The lowest BCUT2D eigenvalue weighted by Gasteiger charge is -2.19. The number of nitrogens with one attached hydrogen (secondary N) is 1. The molecule has 2 aromatic heterocycles. The van der Waals surface area contributed by atoms with Crippen molar-refractivity contribution in [2.24, 2.45) is 0 Å². The Hall–Kier alpha value is -1.80. The number of likely N-dealkylation sites (N-methyl/N-ethyl adjacent to an activating group) is 1. The van der Waals surface area contributed by atoms with Crippen LogP contribution in [0.5, 0.6) is 0 Å². The van der Waals surface area contributed by atoms with Gasteiger partial charge in [-0.3, -0.25) is 9.69 Å². The number of amides is 1. The van der Waals surface area contributed by atoms with Gasteiger partial charge in [-0.25, -0.2) is 0 Å². The van der Waals surface area contributed by atoms with E-state index in [1.54, 1.807) is 0 Å². The second-order valence-electron chi connectivity index (χ2n) is 5.01. The van der Waals surface area contributed by atoms with Crippen molar-refractivity contribution in [1.82, 2.24) is 30.4 Å². The SMILES string of the molecule is CCN(CCNC(=O)c1sccc1-n1cnnn1)C1CC1. The molecule has 1 aliphatic rings. The molecule has 8 heteroatoms. The highest BCUT2D eigenvalue weighted by atomic mass is 32.1. The standard InChI is InChI=1S/C13H18N6OS/c1-2-18(10-3-4-10)7-6-14-13(20)12-11(5-8-21-12)19-9-15-16-17-19/h5,8-10H,2-4,6-7H2,1H3,(H,14,20). The van der Waals surface area contributed by atoms with E-state index in [-0.39, 0.29) is 5.91 Å². The van der Waals surface area contributed by atoms with Gasteiger partial charge >= 0.3 is 0 Å². The van der Waals surface area contributed by atoms with Crippen LogP contribution >= 0.6 is 11.3 Å². The Morgan fingerprint density at radius 1 is 1.57 bits per heavy atom. The molecule has 1 saturated carbocycles. The first kappa shape index (κ1) is 14.2. The number of hydrogen-bond donors (Lipinski definition) is 1. The lowest BCUT2D eigenvalue weighted by atomic mass is 10.3.